The number of rotatable bonds is 3. The van der Waals surface area contributed by atoms with Gasteiger partial charge in [0.1, 0.15) is 5.56 Å². The first kappa shape index (κ1) is 15.1. The number of anilines is 2. The second kappa shape index (κ2) is 5.26. The van der Waals surface area contributed by atoms with E-state index in [1.165, 1.54) is 6.20 Å². The molecule has 6 nitrogen and oxygen atoms in total. The second-order valence-corrected chi connectivity index (χ2v) is 6.67. The zero-order chi connectivity index (χ0) is 17.0. The number of benzene rings is 1. The van der Waals surface area contributed by atoms with Crippen LogP contribution in [0.4, 0.5) is 11.4 Å². The summed E-state index contributed by atoms with van der Waals surface area (Å²) in [5.74, 6) is -1.16. The maximum Gasteiger partial charge on any atom is 0.341 e. The fourth-order valence-corrected chi connectivity index (χ4v) is 3.58. The first-order valence-corrected chi connectivity index (χ1v) is 8.43. The smallest absolute Gasteiger partial charge is 0.341 e. The Morgan fingerprint density at radius 3 is 2.62 bits per heavy atom. The standard InChI is InChI=1S/C18H21N3O3/c1-3-20-7-6-19(2)15-8-12-14(9-16(15)20)21(11-4-5-11)10-13(17(12)22)18(23)24/h8-11H,3-7H2,1-2H3,(H,23,24). The summed E-state index contributed by atoms with van der Waals surface area (Å²) in [4.78, 5) is 28.6. The summed E-state index contributed by atoms with van der Waals surface area (Å²) in [7, 11) is 2.01. The van der Waals surface area contributed by atoms with Gasteiger partial charge in [-0.3, -0.25) is 4.79 Å². The maximum atomic E-state index is 12.7. The summed E-state index contributed by atoms with van der Waals surface area (Å²) >= 11 is 0. The summed E-state index contributed by atoms with van der Waals surface area (Å²) < 4.78 is 1.99. The summed E-state index contributed by atoms with van der Waals surface area (Å²) in [6.45, 7) is 4.88. The molecular weight excluding hydrogens is 306 g/mol. The molecule has 0 bridgehead atoms. The van der Waals surface area contributed by atoms with Crippen LogP contribution in [0, 0.1) is 0 Å². The van der Waals surface area contributed by atoms with Crippen LogP contribution < -0.4 is 15.2 Å². The van der Waals surface area contributed by atoms with E-state index in [4.69, 9.17) is 0 Å². The van der Waals surface area contributed by atoms with Crippen LogP contribution in [0.15, 0.2) is 23.1 Å². The molecule has 2 aliphatic rings. The molecule has 0 saturated heterocycles. The normalized spacial score (nSPS) is 17.2. The first-order valence-electron chi connectivity index (χ1n) is 8.43. The lowest BCUT2D eigenvalue weighted by Gasteiger charge is -2.37. The second-order valence-electron chi connectivity index (χ2n) is 6.67. The molecule has 0 atom stereocenters. The van der Waals surface area contributed by atoms with Crippen LogP contribution in [0.25, 0.3) is 10.9 Å². The lowest BCUT2D eigenvalue weighted by Crippen LogP contribution is -2.39. The van der Waals surface area contributed by atoms with Gasteiger partial charge in [0.05, 0.1) is 16.9 Å². The molecule has 6 heteroatoms. The fraction of sp³-hybridized carbons (Fsp3) is 0.444. The molecular formula is C18H21N3O3. The van der Waals surface area contributed by atoms with E-state index in [1.54, 1.807) is 0 Å². The van der Waals surface area contributed by atoms with Gasteiger partial charge in [-0.1, -0.05) is 0 Å². The van der Waals surface area contributed by atoms with Crippen LogP contribution in [0.3, 0.4) is 0 Å². The van der Waals surface area contributed by atoms with Crippen molar-refractivity contribution < 1.29 is 9.90 Å². The van der Waals surface area contributed by atoms with Crippen LogP contribution >= 0.6 is 0 Å². The van der Waals surface area contributed by atoms with Crippen molar-refractivity contribution in [2.75, 3.05) is 36.5 Å². The van der Waals surface area contributed by atoms with E-state index in [9.17, 15) is 14.7 Å². The van der Waals surface area contributed by atoms with Crippen molar-refractivity contribution in [3.8, 4) is 0 Å². The molecule has 0 unspecified atom stereocenters. The van der Waals surface area contributed by atoms with Gasteiger partial charge in [0, 0.05) is 44.3 Å². The van der Waals surface area contributed by atoms with Gasteiger partial charge in [0.2, 0.25) is 5.43 Å². The van der Waals surface area contributed by atoms with E-state index in [0.717, 1.165) is 49.4 Å². The Balaban J connectivity index is 2.06. The number of hydrogen-bond donors (Lipinski definition) is 1. The van der Waals surface area contributed by atoms with Gasteiger partial charge in [-0.2, -0.15) is 0 Å². The third kappa shape index (κ3) is 2.17. The van der Waals surface area contributed by atoms with Crippen molar-refractivity contribution in [1.82, 2.24) is 4.57 Å². The largest absolute Gasteiger partial charge is 0.477 e. The van der Waals surface area contributed by atoms with Crippen LogP contribution in [0.2, 0.25) is 0 Å². The quantitative estimate of drug-likeness (QED) is 0.937. The molecule has 1 aromatic carbocycles. The minimum absolute atomic E-state index is 0.139. The Morgan fingerprint density at radius 1 is 1.25 bits per heavy atom. The van der Waals surface area contributed by atoms with Crippen molar-refractivity contribution in [3.63, 3.8) is 0 Å². The topological polar surface area (TPSA) is 65.8 Å². The van der Waals surface area contributed by atoms with E-state index in [1.807, 2.05) is 17.7 Å². The number of carbonyl (C=O) groups is 1. The van der Waals surface area contributed by atoms with E-state index >= 15 is 0 Å². The summed E-state index contributed by atoms with van der Waals surface area (Å²) in [5, 5.41) is 9.90. The zero-order valence-corrected chi connectivity index (χ0v) is 14.0. The minimum Gasteiger partial charge on any atom is -0.477 e. The van der Waals surface area contributed by atoms with E-state index in [-0.39, 0.29) is 11.0 Å². The van der Waals surface area contributed by atoms with Crippen LogP contribution in [-0.2, 0) is 0 Å². The predicted molar refractivity (Wildman–Crippen MR) is 94.6 cm³/mol. The van der Waals surface area contributed by atoms with E-state index in [0.29, 0.717) is 11.4 Å². The Morgan fingerprint density at radius 2 is 2.00 bits per heavy atom. The average Bonchev–Trinajstić information content (AvgIpc) is 3.39. The Bertz CT molecular complexity index is 898. The predicted octanol–water partition coefficient (Wildman–Crippen LogP) is 2.31. The number of fused-ring (bicyclic) bond motifs is 2. The number of aromatic nitrogens is 1. The highest BCUT2D eigenvalue weighted by Crippen LogP contribution is 2.40. The molecule has 0 amide bonds. The average molecular weight is 327 g/mol. The van der Waals surface area contributed by atoms with Crippen molar-refractivity contribution >= 4 is 28.2 Å². The van der Waals surface area contributed by atoms with Crippen LogP contribution in [0.1, 0.15) is 36.2 Å². The Hall–Kier alpha value is -2.50. The van der Waals surface area contributed by atoms with Gasteiger partial charge in [-0.05, 0) is 31.9 Å². The molecule has 1 aliphatic heterocycles. The zero-order valence-electron chi connectivity index (χ0n) is 14.0. The summed E-state index contributed by atoms with van der Waals surface area (Å²) in [6, 6.07) is 4.25. The van der Waals surface area contributed by atoms with Crippen LogP contribution in [-0.4, -0.2) is 42.3 Å². The van der Waals surface area contributed by atoms with Gasteiger partial charge in [0.25, 0.3) is 0 Å². The molecule has 2 aromatic rings. The first-order chi connectivity index (χ1) is 11.5. The molecule has 0 radical (unpaired) electrons. The number of hydrogen-bond acceptors (Lipinski definition) is 4. The van der Waals surface area contributed by atoms with Gasteiger partial charge in [0.15, 0.2) is 0 Å². The fourth-order valence-electron chi connectivity index (χ4n) is 3.58. The molecule has 126 valence electrons. The molecule has 1 N–H and O–H groups in total. The highest BCUT2D eigenvalue weighted by Gasteiger charge is 2.28. The maximum absolute atomic E-state index is 12.7. The molecule has 1 aliphatic carbocycles. The molecule has 2 heterocycles. The summed E-state index contributed by atoms with van der Waals surface area (Å²) in [5.41, 5.74) is 2.44. The highest BCUT2D eigenvalue weighted by atomic mass is 16.4. The number of pyridine rings is 1. The lowest BCUT2D eigenvalue weighted by molar-refractivity contribution is 0.0695. The third-order valence-corrected chi connectivity index (χ3v) is 5.14. The lowest BCUT2D eigenvalue weighted by atomic mass is 10.1. The SMILES string of the molecule is CCN1CCN(C)c2cc3c(=O)c(C(=O)O)cn(C4CC4)c3cc21. The van der Waals surface area contributed by atoms with Gasteiger partial charge in [-0.25, -0.2) is 4.79 Å². The van der Waals surface area contributed by atoms with Crippen molar-refractivity contribution in [1.29, 1.82) is 0 Å². The van der Waals surface area contributed by atoms with Crippen molar-refractivity contribution in [2.24, 2.45) is 0 Å². The van der Waals surface area contributed by atoms with Crippen molar-refractivity contribution in [3.05, 3.63) is 34.1 Å². The number of carboxylic acids is 1. The third-order valence-electron chi connectivity index (χ3n) is 5.14. The van der Waals surface area contributed by atoms with E-state index < -0.39 is 5.97 Å². The monoisotopic (exact) mass is 327 g/mol. The molecule has 0 spiro atoms. The molecule has 1 aromatic heterocycles. The minimum atomic E-state index is -1.16. The Kier molecular flexibility index (Phi) is 3.30. The molecule has 24 heavy (non-hydrogen) atoms. The molecule has 1 fully saturated rings. The van der Waals surface area contributed by atoms with Gasteiger partial charge >= 0.3 is 5.97 Å². The van der Waals surface area contributed by atoms with E-state index in [2.05, 4.69) is 22.8 Å². The number of carboxylic acid groups (broad SMARTS) is 1. The summed E-state index contributed by atoms with van der Waals surface area (Å²) in [6.07, 6.45) is 3.59. The number of nitrogens with zero attached hydrogens (tertiary/aromatic N) is 3. The van der Waals surface area contributed by atoms with Crippen LogP contribution in [0.5, 0.6) is 0 Å². The van der Waals surface area contributed by atoms with Crippen molar-refractivity contribution in [2.45, 2.75) is 25.8 Å². The van der Waals surface area contributed by atoms with Gasteiger partial charge in [-0.15, -0.1) is 0 Å². The molecule has 1 saturated carbocycles. The highest BCUT2D eigenvalue weighted by molar-refractivity contribution is 5.96. The van der Waals surface area contributed by atoms with Gasteiger partial charge < -0.3 is 19.5 Å². The Labute approximate surface area is 139 Å². The number of aromatic carboxylic acids is 1. The number of likely N-dealkylation sites (N-methyl/N-ethyl adjacent to an activating group) is 2. The molecule has 4 rings (SSSR count).